The van der Waals surface area contributed by atoms with Crippen molar-refractivity contribution in [1.29, 1.82) is 0 Å². The molecular formula is C20H19FN2O5S. The first-order valence-corrected chi connectivity index (χ1v) is 10.5. The lowest BCUT2D eigenvalue weighted by Crippen LogP contribution is -2.44. The number of para-hydroxylation sites is 1. The van der Waals surface area contributed by atoms with E-state index in [1.807, 2.05) is 0 Å². The van der Waals surface area contributed by atoms with Gasteiger partial charge in [-0.1, -0.05) is 24.3 Å². The molecule has 0 fully saturated rings. The summed E-state index contributed by atoms with van der Waals surface area (Å²) in [5.41, 5.74) is 0.635. The highest BCUT2D eigenvalue weighted by Gasteiger charge is 2.31. The molecule has 1 aromatic heterocycles. The Labute approximate surface area is 167 Å². The van der Waals surface area contributed by atoms with Gasteiger partial charge >= 0.3 is 5.97 Å². The first-order valence-electron chi connectivity index (χ1n) is 8.62. The molecule has 0 aliphatic rings. The number of ether oxygens (including phenoxy) is 1. The van der Waals surface area contributed by atoms with Crippen molar-refractivity contribution in [3.8, 4) is 0 Å². The summed E-state index contributed by atoms with van der Waals surface area (Å²) in [6, 6.07) is 10.5. The Balaban J connectivity index is 2.13. The topological polar surface area (TPSA) is 85.7 Å². The Morgan fingerprint density at radius 2 is 1.83 bits per heavy atom. The van der Waals surface area contributed by atoms with Crippen LogP contribution in [-0.4, -0.2) is 44.3 Å². The molecule has 0 aliphatic heterocycles. The number of halogens is 1. The molecule has 0 saturated heterocycles. The van der Waals surface area contributed by atoms with E-state index in [0.29, 0.717) is 10.9 Å². The highest BCUT2D eigenvalue weighted by atomic mass is 32.2. The van der Waals surface area contributed by atoms with Crippen molar-refractivity contribution in [3.63, 3.8) is 0 Å². The molecule has 0 aliphatic carbocycles. The van der Waals surface area contributed by atoms with Crippen molar-refractivity contribution in [1.82, 2.24) is 4.57 Å². The van der Waals surface area contributed by atoms with E-state index >= 15 is 0 Å². The van der Waals surface area contributed by atoms with Crippen LogP contribution in [0.1, 0.15) is 22.1 Å². The van der Waals surface area contributed by atoms with E-state index in [9.17, 15) is 22.4 Å². The molecule has 0 bridgehead atoms. The third-order valence-corrected chi connectivity index (χ3v) is 5.73. The van der Waals surface area contributed by atoms with Crippen LogP contribution in [0.25, 0.3) is 10.9 Å². The molecule has 29 heavy (non-hydrogen) atoms. The lowest BCUT2D eigenvalue weighted by molar-refractivity contribution is 0.0603. The molecule has 0 radical (unpaired) electrons. The number of carbonyl (C=O) groups excluding carboxylic acids is 2. The highest BCUT2D eigenvalue weighted by Crippen LogP contribution is 2.26. The fraction of sp³-hybridized carbons (Fsp3) is 0.200. The lowest BCUT2D eigenvalue weighted by atomic mass is 10.2. The van der Waals surface area contributed by atoms with Crippen molar-refractivity contribution in [3.05, 3.63) is 66.1 Å². The Morgan fingerprint density at radius 3 is 2.45 bits per heavy atom. The second-order valence-electron chi connectivity index (χ2n) is 6.47. The van der Waals surface area contributed by atoms with Crippen LogP contribution in [0.4, 0.5) is 10.1 Å². The summed E-state index contributed by atoms with van der Waals surface area (Å²) in [5, 5.41) is 0.497. The number of benzene rings is 2. The van der Waals surface area contributed by atoms with Crippen LogP contribution in [0.5, 0.6) is 0 Å². The van der Waals surface area contributed by atoms with Crippen molar-refractivity contribution >= 4 is 38.5 Å². The predicted molar refractivity (Wildman–Crippen MR) is 107 cm³/mol. The van der Waals surface area contributed by atoms with Crippen molar-refractivity contribution in [2.24, 2.45) is 0 Å². The summed E-state index contributed by atoms with van der Waals surface area (Å²) >= 11 is 0. The summed E-state index contributed by atoms with van der Waals surface area (Å²) < 4.78 is 45.3. The van der Waals surface area contributed by atoms with Crippen LogP contribution in [0.3, 0.4) is 0 Å². The second kappa shape index (κ2) is 7.67. The lowest BCUT2D eigenvalue weighted by Gasteiger charge is -2.28. The monoisotopic (exact) mass is 418 g/mol. The minimum absolute atomic E-state index is 0.0259. The van der Waals surface area contributed by atoms with Crippen LogP contribution in [0.15, 0.2) is 54.7 Å². The zero-order valence-electron chi connectivity index (χ0n) is 16.0. The minimum Gasteiger partial charge on any atom is -0.465 e. The smallest absolute Gasteiger partial charge is 0.340 e. The number of nitrogens with zero attached hydrogens (tertiary/aromatic N) is 2. The number of methoxy groups -OCH3 is 1. The molecule has 1 heterocycles. The molecule has 2 aromatic carbocycles. The Morgan fingerprint density at radius 1 is 1.14 bits per heavy atom. The van der Waals surface area contributed by atoms with Crippen molar-refractivity contribution in [2.75, 3.05) is 17.7 Å². The van der Waals surface area contributed by atoms with Crippen LogP contribution in [0, 0.1) is 5.82 Å². The van der Waals surface area contributed by atoms with Crippen LogP contribution >= 0.6 is 0 Å². The average molecular weight is 418 g/mol. The zero-order valence-corrected chi connectivity index (χ0v) is 16.8. The normalized spacial score (nSPS) is 12.6. The maximum atomic E-state index is 13.7. The van der Waals surface area contributed by atoms with Gasteiger partial charge in [0.2, 0.25) is 10.0 Å². The standard InChI is InChI=1S/C20H19FN2O5S/c1-13(23(29(3,26)27)15-8-6-7-14(21)11-15)19(24)22-12-17(20(25)28-2)16-9-4-5-10-18(16)22/h4-13H,1-3H3. The average Bonchev–Trinajstić information content (AvgIpc) is 3.05. The van der Waals surface area contributed by atoms with E-state index in [0.717, 1.165) is 16.6 Å². The third-order valence-electron chi connectivity index (χ3n) is 4.48. The maximum Gasteiger partial charge on any atom is 0.340 e. The Hall–Kier alpha value is -3.20. The summed E-state index contributed by atoms with van der Waals surface area (Å²) in [6.07, 6.45) is 2.26. The fourth-order valence-corrected chi connectivity index (χ4v) is 4.41. The van der Waals surface area contributed by atoms with E-state index in [1.54, 1.807) is 24.3 Å². The molecular weight excluding hydrogens is 399 g/mol. The fourth-order valence-electron chi connectivity index (χ4n) is 3.25. The van der Waals surface area contributed by atoms with E-state index in [1.165, 1.54) is 43.0 Å². The number of rotatable bonds is 5. The molecule has 3 aromatic rings. The molecule has 0 N–H and O–H groups in total. The second-order valence-corrected chi connectivity index (χ2v) is 8.33. The van der Waals surface area contributed by atoms with Gasteiger partial charge in [-0.15, -0.1) is 0 Å². The Bertz CT molecular complexity index is 1200. The summed E-state index contributed by atoms with van der Waals surface area (Å²) in [4.78, 5) is 25.3. The van der Waals surface area contributed by atoms with E-state index < -0.39 is 33.8 Å². The number of carbonyl (C=O) groups is 2. The van der Waals surface area contributed by atoms with Crippen molar-refractivity contribution in [2.45, 2.75) is 13.0 Å². The van der Waals surface area contributed by atoms with Gasteiger partial charge in [-0.2, -0.15) is 0 Å². The molecule has 9 heteroatoms. The number of sulfonamides is 1. The van der Waals surface area contributed by atoms with Crippen LogP contribution in [-0.2, 0) is 14.8 Å². The summed E-state index contributed by atoms with van der Waals surface area (Å²) in [5.74, 6) is -1.85. The zero-order chi connectivity index (χ0) is 21.3. The number of esters is 1. The quantitative estimate of drug-likeness (QED) is 0.595. The van der Waals surface area contributed by atoms with Crippen LogP contribution in [0.2, 0.25) is 0 Å². The van der Waals surface area contributed by atoms with Gasteiger partial charge < -0.3 is 4.74 Å². The molecule has 1 atom stereocenters. The van der Waals surface area contributed by atoms with Gasteiger partial charge in [0.25, 0.3) is 5.91 Å². The van der Waals surface area contributed by atoms with E-state index in [4.69, 9.17) is 4.74 Å². The van der Waals surface area contributed by atoms with E-state index in [2.05, 4.69) is 0 Å². The number of anilines is 1. The molecule has 1 unspecified atom stereocenters. The van der Waals surface area contributed by atoms with Gasteiger partial charge in [0.05, 0.1) is 30.1 Å². The molecule has 0 spiro atoms. The first kappa shape index (κ1) is 20.5. The van der Waals surface area contributed by atoms with Crippen molar-refractivity contribution < 1.29 is 27.1 Å². The minimum atomic E-state index is -3.91. The molecule has 152 valence electrons. The number of aromatic nitrogens is 1. The van der Waals surface area contributed by atoms with Gasteiger partial charge in [0, 0.05) is 11.6 Å². The third kappa shape index (κ3) is 3.86. The van der Waals surface area contributed by atoms with Gasteiger partial charge in [-0.3, -0.25) is 13.7 Å². The largest absolute Gasteiger partial charge is 0.465 e. The SMILES string of the molecule is COC(=O)c1cn(C(=O)C(C)N(c2cccc(F)c2)S(C)(=O)=O)c2ccccc12. The highest BCUT2D eigenvalue weighted by molar-refractivity contribution is 7.92. The van der Waals surface area contributed by atoms with Gasteiger partial charge in [0.1, 0.15) is 11.9 Å². The number of hydrogen-bond acceptors (Lipinski definition) is 5. The van der Waals surface area contributed by atoms with E-state index in [-0.39, 0.29) is 11.3 Å². The molecule has 7 nitrogen and oxygen atoms in total. The summed E-state index contributed by atoms with van der Waals surface area (Å²) in [7, 11) is -2.68. The predicted octanol–water partition coefficient (Wildman–Crippen LogP) is 3.06. The Kier molecular flexibility index (Phi) is 5.43. The molecule has 3 rings (SSSR count). The van der Waals surface area contributed by atoms with Gasteiger partial charge in [-0.05, 0) is 31.2 Å². The van der Waals surface area contributed by atoms with Crippen LogP contribution < -0.4 is 4.31 Å². The molecule has 0 saturated carbocycles. The maximum absolute atomic E-state index is 13.7. The summed E-state index contributed by atoms with van der Waals surface area (Å²) in [6.45, 7) is 1.40. The molecule has 0 amide bonds. The van der Waals surface area contributed by atoms with Gasteiger partial charge in [-0.25, -0.2) is 17.6 Å². The van der Waals surface area contributed by atoms with Gasteiger partial charge in [0.15, 0.2) is 0 Å². The first-order chi connectivity index (χ1) is 13.6. The number of fused-ring (bicyclic) bond motifs is 1. The number of hydrogen-bond donors (Lipinski definition) is 0.